The molecule has 0 spiro atoms. The molecule has 0 fully saturated rings. The molecule has 0 unspecified atom stereocenters. The molecule has 124 valence electrons. The first-order valence-electron chi connectivity index (χ1n) is 7.83. The van der Waals surface area contributed by atoms with Gasteiger partial charge in [-0.3, -0.25) is 14.2 Å². The van der Waals surface area contributed by atoms with Gasteiger partial charge in [-0.25, -0.2) is 4.98 Å². The average Bonchev–Trinajstić information content (AvgIpc) is 3.03. The van der Waals surface area contributed by atoms with Gasteiger partial charge in [-0.2, -0.15) is 0 Å². The Morgan fingerprint density at radius 3 is 2.64 bits per heavy atom. The molecule has 0 aliphatic heterocycles. The van der Waals surface area contributed by atoms with Gasteiger partial charge >= 0.3 is 0 Å². The predicted octanol–water partition coefficient (Wildman–Crippen LogP) is 3.27. The van der Waals surface area contributed by atoms with Gasteiger partial charge in [0.2, 0.25) is 5.91 Å². The summed E-state index contributed by atoms with van der Waals surface area (Å²) in [7, 11) is 1.70. The SMILES string of the molecule is CN(C(=O)Cn1cnc2c(sc3ccccc32)c1=O)c1ccccc1. The second-order valence-corrected chi connectivity index (χ2v) is 6.79. The van der Waals surface area contributed by atoms with E-state index in [-0.39, 0.29) is 18.0 Å². The first-order chi connectivity index (χ1) is 12.1. The number of para-hydroxylation sites is 1. The number of fused-ring (bicyclic) bond motifs is 3. The van der Waals surface area contributed by atoms with Gasteiger partial charge in [0.15, 0.2) is 0 Å². The van der Waals surface area contributed by atoms with E-state index in [2.05, 4.69) is 4.98 Å². The third kappa shape index (κ3) is 2.70. The zero-order valence-corrected chi connectivity index (χ0v) is 14.4. The van der Waals surface area contributed by atoms with Crippen LogP contribution in [0.25, 0.3) is 20.3 Å². The van der Waals surface area contributed by atoms with Gasteiger partial charge in [-0.15, -0.1) is 11.3 Å². The van der Waals surface area contributed by atoms with E-state index in [1.807, 2.05) is 54.6 Å². The highest BCUT2D eigenvalue weighted by molar-refractivity contribution is 7.25. The van der Waals surface area contributed by atoms with Crippen LogP contribution in [0.2, 0.25) is 0 Å². The molecule has 6 heteroatoms. The van der Waals surface area contributed by atoms with E-state index in [9.17, 15) is 9.59 Å². The Hall–Kier alpha value is -2.99. The summed E-state index contributed by atoms with van der Waals surface area (Å²) >= 11 is 1.41. The minimum absolute atomic E-state index is 0.0403. The van der Waals surface area contributed by atoms with Gasteiger partial charge in [0.25, 0.3) is 5.56 Å². The monoisotopic (exact) mass is 349 g/mol. The van der Waals surface area contributed by atoms with Gasteiger partial charge in [0.05, 0.1) is 11.8 Å². The van der Waals surface area contributed by atoms with Crippen LogP contribution in [0.3, 0.4) is 0 Å². The van der Waals surface area contributed by atoms with Gasteiger partial charge < -0.3 is 4.90 Å². The molecular formula is C19H15N3O2S. The quantitative estimate of drug-likeness (QED) is 0.570. The lowest BCUT2D eigenvalue weighted by atomic mass is 10.2. The topological polar surface area (TPSA) is 55.2 Å². The van der Waals surface area contributed by atoms with Crippen LogP contribution in [-0.4, -0.2) is 22.5 Å². The molecule has 0 saturated carbocycles. The van der Waals surface area contributed by atoms with Gasteiger partial charge in [0.1, 0.15) is 11.2 Å². The third-order valence-corrected chi connectivity index (χ3v) is 5.32. The molecule has 4 aromatic rings. The number of hydrogen-bond donors (Lipinski definition) is 0. The van der Waals surface area contributed by atoms with Crippen molar-refractivity contribution >= 4 is 43.2 Å². The highest BCUT2D eigenvalue weighted by Crippen LogP contribution is 2.29. The number of carbonyl (C=O) groups is 1. The Labute approximate surface area is 147 Å². The number of thiophene rings is 1. The number of benzene rings is 2. The Balaban J connectivity index is 1.70. The van der Waals surface area contributed by atoms with E-state index in [0.29, 0.717) is 10.2 Å². The molecule has 2 aromatic carbocycles. The van der Waals surface area contributed by atoms with Crippen LogP contribution in [0.5, 0.6) is 0 Å². The van der Waals surface area contributed by atoms with Crippen LogP contribution in [0.15, 0.2) is 65.7 Å². The Morgan fingerprint density at radius 2 is 1.84 bits per heavy atom. The molecule has 0 saturated heterocycles. The predicted molar refractivity (Wildman–Crippen MR) is 101 cm³/mol. The smallest absolute Gasteiger partial charge is 0.271 e. The molecule has 0 N–H and O–H groups in total. The minimum Gasteiger partial charge on any atom is -0.314 e. The van der Waals surface area contributed by atoms with Crippen LogP contribution < -0.4 is 10.5 Å². The van der Waals surface area contributed by atoms with Crippen LogP contribution in [-0.2, 0) is 11.3 Å². The molecule has 0 aliphatic rings. The molecule has 2 aromatic heterocycles. The van der Waals surface area contributed by atoms with Crippen molar-refractivity contribution in [3.05, 3.63) is 71.3 Å². The minimum atomic E-state index is -0.180. The molecule has 5 nitrogen and oxygen atoms in total. The number of anilines is 1. The van der Waals surface area contributed by atoms with Crippen molar-refractivity contribution in [2.75, 3.05) is 11.9 Å². The first kappa shape index (κ1) is 15.5. The van der Waals surface area contributed by atoms with Crippen LogP contribution in [0.4, 0.5) is 5.69 Å². The van der Waals surface area contributed by atoms with Gasteiger partial charge in [-0.1, -0.05) is 36.4 Å². The normalized spacial score (nSPS) is 11.1. The van der Waals surface area contributed by atoms with E-state index >= 15 is 0 Å². The fraction of sp³-hybridized carbons (Fsp3) is 0.105. The van der Waals surface area contributed by atoms with Crippen LogP contribution >= 0.6 is 11.3 Å². The maximum Gasteiger partial charge on any atom is 0.271 e. The van der Waals surface area contributed by atoms with Crippen molar-refractivity contribution in [1.29, 1.82) is 0 Å². The lowest BCUT2D eigenvalue weighted by Gasteiger charge is -2.17. The molecule has 0 atom stereocenters. The van der Waals surface area contributed by atoms with Crippen molar-refractivity contribution in [3.63, 3.8) is 0 Å². The highest BCUT2D eigenvalue weighted by atomic mass is 32.1. The Morgan fingerprint density at radius 1 is 1.12 bits per heavy atom. The molecule has 25 heavy (non-hydrogen) atoms. The summed E-state index contributed by atoms with van der Waals surface area (Å²) < 4.78 is 2.98. The highest BCUT2D eigenvalue weighted by Gasteiger charge is 2.15. The van der Waals surface area contributed by atoms with Crippen molar-refractivity contribution in [3.8, 4) is 0 Å². The number of rotatable bonds is 3. The summed E-state index contributed by atoms with van der Waals surface area (Å²) in [6.07, 6.45) is 1.46. The lowest BCUT2D eigenvalue weighted by molar-refractivity contribution is -0.118. The Bertz CT molecular complexity index is 1130. The number of carbonyl (C=O) groups excluding carboxylic acids is 1. The average molecular weight is 349 g/mol. The number of nitrogens with zero attached hydrogens (tertiary/aromatic N) is 3. The molecule has 0 radical (unpaired) electrons. The van der Waals surface area contributed by atoms with E-state index in [1.165, 1.54) is 22.2 Å². The van der Waals surface area contributed by atoms with Crippen LogP contribution in [0, 0.1) is 0 Å². The van der Waals surface area contributed by atoms with E-state index in [1.54, 1.807) is 11.9 Å². The van der Waals surface area contributed by atoms with E-state index in [4.69, 9.17) is 0 Å². The maximum absolute atomic E-state index is 12.8. The zero-order chi connectivity index (χ0) is 17.4. The van der Waals surface area contributed by atoms with Crippen molar-refractivity contribution in [1.82, 2.24) is 9.55 Å². The maximum atomic E-state index is 12.8. The fourth-order valence-corrected chi connectivity index (χ4v) is 3.88. The first-order valence-corrected chi connectivity index (χ1v) is 8.65. The third-order valence-electron chi connectivity index (χ3n) is 4.17. The van der Waals surface area contributed by atoms with Gasteiger partial charge in [-0.05, 0) is 18.2 Å². The number of likely N-dealkylation sites (N-methyl/N-ethyl adjacent to an activating group) is 1. The summed E-state index contributed by atoms with van der Waals surface area (Å²) in [5, 5.41) is 0.972. The summed E-state index contributed by atoms with van der Waals surface area (Å²) in [4.78, 5) is 31.2. The molecule has 2 heterocycles. The number of hydrogen-bond acceptors (Lipinski definition) is 4. The molecular weight excluding hydrogens is 334 g/mol. The molecule has 1 amide bonds. The lowest BCUT2D eigenvalue weighted by Crippen LogP contribution is -2.33. The Kier molecular flexibility index (Phi) is 3.82. The van der Waals surface area contributed by atoms with Crippen molar-refractivity contribution in [2.45, 2.75) is 6.54 Å². The van der Waals surface area contributed by atoms with Crippen molar-refractivity contribution in [2.24, 2.45) is 0 Å². The standard InChI is InChI=1S/C19H15N3O2S/c1-21(13-7-3-2-4-8-13)16(23)11-22-12-20-17-14-9-5-6-10-15(14)25-18(17)19(22)24/h2-10,12H,11H2,1H3. The number of aromatic nitrogens is 2. The van der Waals surface area contributed by atoms with E-state index < -0.39 is 0 Å². The molecule has 0 aliphatic carbocycles. The molecule has 0 bridgehead atoms. The number of amides is 1. The van der Waals surface area contributed by atoms with Gasteiger partial charge in [0, 0.05) is 22.8 Å². The summed E-state index contributed by atoms with van der Waals surface area (Å²) in [6.45, 7) is -0.0403. The summed E-state index contributed by atoms with van der Waals surface area (Å²) in [5.74, 6) is -0.171. The summed E-state index contributed by atoms with van der Waals surface area (Å²) in [5.41, 5.74) is 1.31. The van der Waals surface area contributed by atoms with E-state index in [0.717, 1.165) is 15.8 Å². The summed E-state index contributed by atoms with van der Waals surface area (Å²) in [6, 6.07) is 17.1. The zero-order valence-electron chi connectivity index (χ0n) is 13.5. The fourth-order valence-electron chi connectivity index (χ4n) is 2.78. The second-order valence-electron chi connectivity index (χ2n) is 5.74. The molecule has 4 rings (SSSR count). The van der Waals surface area contributed by atoms with Crippen LogP contribution in [0.1, 0.15) is 0 Å². The second kappa shape index (κ2) is 6.14. The largest absolute Gasteiger partial charge is 0.314 e. The van der Waals surface area contributed by atoms with Crippen molar-refractivity contribution < 1.29 is 4.79 Å².